The summed E-state index contributed by atoms with van der Waals surface area (Å²) in [6, 6.07) is -0.170. The summed E-state index contributed by atoms with van der Waals surface area (Å²) >= 11 is 0. The van der Waals surface area contributed by atoms with Gasteiger partial charge in [0.25, 0.3) is 0 Å². The molecule has 0 aromatic carbocycles. The zero-order valence-electron chi connectivity index (χ0n) is 14.1. The normalized spacial score (nSPS) is 24.6. The first kappa shape index (κ1) is 17.4. The third kappa shape index (κ3) is 6.07. The minimum atomic E-state index is -0.170. The Balaban J connectivity index is 1.59. The topological polar surface area (TPSA) is 53.6 Å². The number of carbonyl (C=O) groups is 1. The lowest BCUT2D eigenvalue weighted by Gasteiger charge is -2.30. The Kier molecular flexibility index (Phi) is 7.36. The Labute approximate surface area is 134 Å². The molecule has 22 heavy (non-hydrogen) atoms. The zero-order valence-corrected chi connectivity index (χ0v) is 14.1. The molecular weight excluding hydrogens is 278 g/mol. The van der Waals surface area contributed by atoms with E-state index in [0.717, 1.165) is 39.2 Å². The van der Waals surface area contributed by atoms with Gasteiger partial charge in [-0.15, -0.1) is 0 Å². The van der Waals surface area contributed by atoms with Crippen molar-refractivity contribution < 1.29 is 9.53 Å². The zero-order chi connectivity index (χ0) is 15.8. The van der Waals surface area contributed by atoms with E-state index in [1.807, 2.05) is 6.92 Å². The van der Waals surface area contributed by atoms with Crippen molar-refractivity contribution in [3.63, 3.8) is 0 Å². The SMILES string of the molecule is C[C@@H](NC[C@H]1CN(C)CCO1)C(=O)NCCC1=CCCCC1. The molecule has 1 amide bonds. The van der Waals surface area contributed by atoms with E-state index < -0.39 is 0 Å². The lowest BCUT2D eigenvalue weighted by Crippen LogP contribution is -2.49. The third-order valence-electron chi connectivity index (χ3n) is 4.52. The first-order valence-corrected chi connectivity index (χ1v) is 8.64. The van der Waals surface area contributed by atoms with Crippen LogP contribution in [0, 0.1) is 0 Å². The summed E-state index contributed by atoms with van der Waals surface area (Å²) in [7, 11) is 2.10. The number of carbonyl (C=O) groups excluding carboxylic acids is 1. The van der Waals surface area contributed by atoms with Gasteiger partial charge < -0.3 is 20.3 Å². The summed E-state index contributed by atoms with van der Waals surface area (Å²) in [5, 5.41) is 6.32. The molecule has 2 rings (SSSR count). The van der Waals surface area contributed by atoms with E-state index in [-0.39, 0.29) is 18.1 Å². The van der Waals surface area contributed by atoms with Gasteiger partial charge in [0.05, 0.1) is 18.8 Å². The number of nitrogens with zero attached hydrogens (tertiary/aromatic N) is 1. The molecule has 1 aliphatic heterocycles. The molecule has 0 saturated carbocycles. The predicted molar refractivity (Wildman–Crippen MR) is 88.9 cm³/mol. The monoisotopic (exact) mass is 309 g/mol. The molecule has 0 aromatic heterocycles. The van der Waals surface area contributed by atoms with Crippen molar-refractivity contribution in [1.82, 2.24) is 15.5 Å². The van der Waals surface area contributed by atoms with Crippen LogP contribution in [0.1, 0.15) is 39.0 Å². The van der Waals surface area contributed by atoms with Crippen molar-refractivity contribution in [3.8, 4) is 0 Å². The molecule has 2 aliphatic rings. The number of amides is 1. The summed E-state index contributed by atoms with van der Waals surface area (Å²) in [4.78, 5) is 14.3. The molecule has 5 heteroatoms. The summed E-state index contributed by atoms with van der Waals surface area (Å²) in [5.41, 5.74) is 1.51. The van der Waals surface area contributed by atoms with Gasteiger partial charge in [-0.1, -0.05) is 11.6 Å². The number of hydrogen-bond acceptors (Lipinski definition) is 4. The minimum absolute atomic E-state index is 0.0839. The smallest absolute Gasteiger partial charge is 0.236 e. The Morgan fingerprint density at radius 1 is 1.50 bits per heavy atom. The number of morpholine rings is 1. The van der Waals surface area contributed by atoms with Gasteiger partial charge >= 0.3 is 0 Å². The van der Waals surface area contributed by atoms with Crippen molar-refractivity contribution in [2.24, 2.45) is 0 Å². The molecular formula is C17H31N3O2. The molecule has 1 fully saturated rings. The van der Waals surface area contributed by atoms with Gasteiger partial charge in [-0.3, -0.25) is 4.79 Å². The lowest BCUT2D eigenvalue weighted by atomic mass is 9.97. The first-order chi connectivity index (χ1) is 10.6. The van der Waals surface area contributed by atoms with Crippen LogP contribution in [-0.4, -0.2) is 62.8 Å². The maximum Gasteiger partial charge on any atom is 0.236 e. The van der Waals surface area contributed by atoms with Gasteiger partial charge in [-0.05, 0) is 46.1 Å². The molecule has 0 bridgehead atoms. The average molecular weight is 309 g/mol. The Morgan fingerprint density at radius 2 is 2.36 bits per heavy atom. The second kappa shape index (κ2) is 9.28. The number of hydrogen-bond donors (Lipinski definition) is 2. The van der Waals surface area contributed by atoms with Crippen LogP contribution in [-0.2, 0) is 9.53 Å². The van der Waals surface area contributed by atoms with Gasteiger partial charge in [0.1, 0.15) is 0 Å². The van der Waals surface area contributed by atoms with Crippen LogP contribution < -0.4 is 10.6 Å². The summed E-state index contributed by atoms with van der Waals surface area (Å²) in [6.45, 7) is 6.08. The van der Waals surface area contributed by atoms with E-state index in [2.05, 4.69) is 28.7 Å². The number of rotatable bonds is 7. The largest absolute Gasteiger partial charge is 0.374 e. The molecule has 2 atom stereocenters. The quantitative estimate of drug-likeness (QED) is 0.696. The molecule has 1 heterocycles. The van der Waals surface area contributed by atoms with Crippen LogP contribution in [0.3, 0.4) is 0 Å². The predicted octanol–water partition coefficient (Wildman–Crippen LogP) is 1.30. The highest BCUT2D eigenvalue weighted by atomic mass is 16.5. The first-order valence-electron chi connectivity index (χ1n) is 8.64. The van der Waals surface area contributed by atoms with Crippen molar-refractivity contribution in [1.29, 1.82) is 0 Å². The average Bonchev–Trinajstić information content (AvgIpc) is 2.53. The van der Waals surface area contributed by atoms with Crippen LogP contribution >= 0.6 is 0 Å². The molecule has 126 valence electrons. The summed E-state index contributed by atoms with van der Waals surface area (Å²) in [5.74, 6) is 0.0839. The number of likely N-dealkylation sites (N-methyl/N-ethyl adjacent to an activating group) is 1. The van der Waals surface area contributed by atoms with Gasteiger partial charge in [-0.25, -0.2) is 0 Å². The van der Waals surface area contributed by atoms with E-state index in [4.69, 9.17) is 4.74 Å². The highest BCUT2D eigenvalue weighted by Gasteiger charge is 2.19. The van der Waals surface area contributed by atoms with Crippen molar-refractivity contribution in [3.05, 3.63) is 11.6 Å². The number of ether oxygens (including phenoxy) is 1. The van der Waals surface area contributed by atoms with Crippen molar-refractivity contribution >= 4 is 5.91 Å². The van der Waals surface area contributed by atoms with E-state index in [0.29, 0.717) is 0 Å². The molecule has 0 radical (unpaired) electrons. The molecule has 2 N–H and O–H groups in total. The molecule has 5 nitrogen and oxygen atoms in total. The van der Waals surface area contributed by atoms with Gasteiger partial charge in [0, 0.05) is 26.2 Å². The van der Waals surface area contributed by atoms with Gasteiger partial charge in [0.15, 0.2) is 0 Å². The fraction of sp³-hybridized carbons (Fsp3) is 0.824. The Morgan fingerprint density at radius 3 is 3.09 bits per heavy atom. The fourth-order valence-corrected chi connectivity index (χ4v) is 3.02. The number of allylic oxidation sites excluding steroid dienone is 1. The van der Waals surface area contributed by atoms with E-state index in [9.17, 15) is 4.79 Å². The van der Waals surface area contributed by atoms with E-state index in [1.54, 1.807) is 0 Å². The molecule has 1 saturated heterocycles. The van der Waals surface area contributed by atoms with Crippen LogP contribution in [0.2, 0.25) is 0 Å². The second-order valence-corrected chi connectivity index (χ2v) is 6.53. The van der Waals surface area contributed by atoms with Crippen LogP contribution in [0.15, 0.2) is 11.6 Å². The van der Waals surface area contributed by atoms with Gasteiger partial charge in [-0.2, -0.15) is 0 Å². The Hall–Kier alpha value is -0.910. The lowest BCUT2D eigenvalue weighted by molar-refractivity contribution is -0.122. The molecule has 0 aromatic rings. The molecule has 1 aliphatic carbocycles. The molecule has 0 spiro atoms. The van der Waals surface area contributed by atoms with E-state index in [1.165, 1.54) is 31.3 Å². The summed E-state index contributed by atoms with van der Waals surface area (Å²) in [6.07, 6.45) is 8.54. The standard InChI is InChI=1S/C17H31N3O2/c1-14(19-12-16-13-20(2)10-11-22-16)17(21)18-9-8-15-6-4-3-5-7-15/h6,14,16,19H,3-5,7-13H2,1-2H3,(H,18,21)/t14-,16+/m1/s1. The molecule has 0 unspecified atom stereocenters. The van der Waals surface area contributed by atoms with Crippen LogP contribution in [0.4, 0.5) is 0 Å². The van der Waals surface area contributed by atoms with E-state index >= 15 is 0 Å². The van der Waals surface area contributed by atoms with Crippen molar-refractivity contribution in [2.45, 2.75) is 51.2 Å². The minimum Gasteiger partial charge on any atom is -0.374 e. The maximum atomic E-state index is 12.1. The van der Waals surface area contributed by atoms with Crippen molar-refractivity contribution in [2.75, 3.05) is 39.8 Å². The highest BCUT2D eigenvalue weighted by molar-refractivity contribution is 5.81. The van der Waals surface area contributed by atoms with Gasteiger partial charge in [0.2, 0.25) is 5.91 Å². The third-order valence-corrected chi connectivity index (χ3v) is 4.52. The van der Waals surface area contributed by atoms with Crippen LogP contribution in [0.5, 0.6) is 0 Å². The second-order valence-electron chi connectivity index (χ2n) is 6.53. The number of nitrogens with one attached hydrogen (secondary N) is 2. The van der Waals surface area contributed by atoms with Crippen LogP contribution in [0.25, 0.3) is 0 Å². The Bertz CT molecular complexity index is 384. The fourth-order valence-electron chi connectivity index (χ4n) is 3.02. The maximum absolute atomic E-state index is 12.1. The summed E-state index contributed by atoms with van der Waals surface area (Å²) < 4.78 is 5.70. The highest BCUT2D eigenvalue weighted by Crippen LogP contribution is 2.19.